The third-order valence-electron chi connectivity index (χ3n) is 5.92. The van der Waals surface area contributed by atoms with Gasteiger partial charge in [0, 0.05) is 24.0 Å². The van der Waals surface area contributed by atoms with Crippen molar-refractivity contribution in [3.05, 3.63) is 27.4 Å². The molecule has 20 heteroatoms. The molecule has 0 radical (unpaired) electrons. The molecule has 3 atom stereocenters. The summed E-state index contributed by atoms with van der Waals surface area (Å²) >= 11 is 5.26. The molecule has 0 saturated carbocycles. The number of nitrogens with one attached hydrogen (secondary N) is 3. The number of esters is 2. The number of aromatic nitrogens is 2. The summed E-state index contributed by atoms with van der Waals surface area (Å²) in [6.07, 6.45) is -0.907. The van der Waals surface area contributed by atoms with Crippen LogP contribution >= 0.6 is 46.6 Å². The molecule has 3 aliphatic heterocycles. The van der Waals surface area contributed by atoms with Gasteiger partial charge >= 0.3 is 18.0 Å². The average Bonchev–Trinajstić information content (AvgIpc) is 3.60. The Kier molecular flexibility index (Phi) is 10.8. The van der Waals surface area contributed by atoms with Gasteiger partial charge in [-0.1, -0.05) is 40.0 Å². The number of rotatable bonds is 10. The van der Waals surface area contributed by atoms with E-state index in [4.69, 9.17) is 20.0 Å². The summed E-state index contributed by atoms with van der Waals surface area (Å²) in [6.45, 7) is 6.17. The van der Waals surface area contributed by atoms with Crippen molar-refractivity contribution >= 4 is 82.2 Å². The Hall–Kier alpha value is -3.33. The molecule has 3 aliphatic rings. The third-order valence-corrected chi connectivity index (χ3v) is 10.1. The van der Waals surface area contributed by atoms with E-state index in [1.807, 2.05) is 6.92 Å². The van der Waals surface area contributed by atoms with Crippen LogP contribution in [-0.4, -0.2) is 92.9 Å². The minimum Gasteiger partial charge on any atom is -0.427 e. The number of ether oxygens (including phenoxy) is 2. The number of aryl methyl sites for hydroxylation is 1. The average molecular weight is 687 g/mol. The van der Waals surface area contributed by atoms with E-state index in [9.17, 15) is 24.0 Å². The SMILES string of the molecule is CNC(=O)ON=C(C(=O)NC1C(=O)N2C(C(=O)OCOC(=O)C(C)(C)C)=C(CSc3nnc(C)s3)CS[C@@H]12)C1=CSC(N)N1. The van der Waals surface area contributed by atoms with Crippen LogP contribution < -0.4 is 21.7 Å². The first-order valence-corrected chi connectivity index (χ1v) is 16.7. The van der Waals surface area contributed by atoms with Gasteiger partial charge in [0.2, 0.25) is 6.79 Å². The molecule has 1 aromatic rings. The zero-order valence-electron chi connectivity index (χ0n) is 24.2. The monoisotopic (exact) mass is 686 g/mol. The minimum absolute atomic E-state index is 0.00387. The lowest BCUT2D eigenvalue weighted by Gasteiger charge is -2.49. The van der Waals surface area contributed by atoms with Crippen molar-refractivity contribution in [2.24, 2.45) is 16.3 Å². The molecule has 4 rings (SSSR count). The zero-order valence-corrected chi connectivity index (χ0v) is 27.5. The second kappa shape index (κ2) is 14.2. The van der Waals surface area contributed by atoms with Crippen molar-refractivity contribution in [1.29, 1.82) is 0 Å². The molecule has 1 aromatic heterocycles. The van der Waals surface area contributed by atoms with Crippen molar-refractivity contribution in [1.82, 2.24) is 31.0 Å². The van der Waals surface area contributed by atoms with Crippen LogP contribution in [0.15, 0.2) is 31.9 Å². The van der Waals surface area contributed by atoms with Gasteiger partial charge in [-0.2, -0.15) is 0 Å². The first-order chi connectivity index (χ1) is 20.8. The Labute approximate surface area is 268 Å². The van der Waals surface area contributed by atoms with Crippen molar-refractivity contribution in [2.75, 3.05) is 25.3 Å². The molecule has 1 fully saturated rings. The van der Waals surface area contributed by atoms with Gasteiger partial charge in [0.25, 0.3) is 11.8 Å². The highest BCUT2D eigenvalue weighted by Gasteiger charge is 2.55. The van der Waals surface area contributed by atoms with Crippen LogP contribution in [-0.2, 0) is 33.5 Å². The molecule has 2 unspecified atom stereocenters. The summed E-state index contributed by atoms with van der Waals surface area (Å²) in [6, 6.07) is -1.04. The molecular weight excluding hydrogens is 657 g/mol. The van der Waals surface area contributed by atoms with E-state index in [0.29, 0.717) is 21.4 Å². The lowest BCUT2D eigenvalue weighted by molar-refractivity contribution is -0.173. The van der Waals surface area contributed by atoms with Crippen LogP contribution in [0.5, 0.6) is 0 Å². The van der Waals surface area contributed by atoms with E-state index in [-0.39, 0.29) is 17.1 Å². The van der Waals surface area contributed by atoms with Crippen molar-refractivity contribution < 1.29 is 38.3 Å². The van der Waals surface area contributed by atoms with Crippen LogP contribution in [0, 0.1) is 12.3 Å². The smallest absolute Gasteiger partial charge is 0.427 e. The van der Waals surface area contributed by atoms with Gasteiger partial charge in [-0.25, -0.2) is 9.59 Å². The molecule has 1 saturated heterocycles. The van der Waals surface area contributed by atoms with Gasteiger partial charge in [-0.05, 0) is 33.3 Å². The summed E-state index contributed by atoms with van der Waals surface area (Å²) in [4.78, 5) is 69.7. The summed E-state index contributed by atoms with van der Waals surface area (Å²) in [5.74, 6) is -2.16. The first kappa shape index (κ1) is 33.6. The third kappa shape index (κ3) is 7.84. The van der Waals surface area contributed by atoms with E-state index in [2.05, 4.69) is 31.3 Å². The van der Waals surface area contributed by atoms with E-state index < -0.39 is 59.0 Å². The number of oxime groups is 1. The molecule has 16 nitrogen and oxygen atoms in total. The largest absolute Gasteiger partial charge is 0.433 e. The Morgan fingerprint density at radius 2 is 2.00 bits per heavy atom. The normalized spacial score (nSPS) is 21.5. The van der Waals surface area contributed by atoms with E-state index in [0.717, 1.165) is 5.01 Å². The van der Waals surface area contributed by atoms with Gasteiger partial charge in [-0.15, -0.1) is 22.0 Å². The highest BCUT2D eigenvalue weighted by atomic mass is 32.2. The highest BCUT2D eigenvalue weighted by Crippen LogP contribution is 2.42. The van der Waals surface area contributed by atoms with Gasteiger partial charge in [0.15, 0.2) is 10.1 Å². The number of fused-ring (bicyclic) bond motifs is 1. The van der Waals surface area contributed by atoms with Crippen molar-refractivity contribution in [3.8, 4) is 0 Å². The molecule has 44 heavy (non-hydrogen) atoms. The molecule has 5 N–H and O–H groups in total. The maximum atomic E-state index is 13.4. The fourth-order valence-electron chi connectivity index (χ4n) is 3.73. The second-order valence-corrected chi connectivity index (χ2v) is 14.7. The topological polar surface area (TPSA) is 217 Å². The maximum absolute atomic E-state index is 13.4. The lowest BCUT2D eigenvalue weighted by Crippen LogP contribution is -2.71. The van der Waals surface area contributed by atoms with Gasteiger partial charge < -0.3 is 31.2 Å². The van der Waals surface area contributed by atoms with Crippen LogP contribution in [0.4, 0.5) is 4.79 Å². The van der Waals surface area contributed by atoms with E-state index >= 15 is 0 Å². The standard InChI is InChI=1S/C24H30N8O8S4/c1-10-29-30-23(44-10)43-7-11-6-41-18-14(17(34)32(18)15(11)19(35)38-9-39-20(36)24(2,3)4)28-16(33)13(31-40-22(37)26-5)12-8-42-21(25)27-12/h8,14,18,21,27H,6-7,9,25H2,1-5H3,(H,26,37)(H,28,33)/t14?,18-,21?/m0/s1. The summed E-state index contributed by atoms with van der Waals surface area (Å²) in [7, 11) is 1.32. The molecule has 4 heterocycles. The maximum Gasteiger partial charge on any atom is 0.433 e. The summed E-state index contributed by atoms with van der Waals surface area (Å²) < 4.78 is 11.0. The lowest BCUT2D eigenvalue weighted by atomic mass is 9.98. The van der Waals surface area contributed by atoms with Crippen LogP contribution in [0.2, 0.25) is 0 Å². The number of amides is 3. The van der Waals surface area contributed by atoms with E-state index in [1.54, 1.807) is 20.8 Å². The number of thioether (sulfide) groups is 3. The fourth-order valence-corrected chi connectivity index (χ4v) is 7.69. The number of nitrogens with zero attached hydrogens (tertiary/aromatic N) is 4. The van der Waals surface area contributed by atoms with Crippen LogP contribution in [0.1, 0.15) is 25.8 Å². The van der Waals surface area contributed by atoms with Crippen LogP contribution in [0.25, 0.3) is 0 Å². The van der Waals surface area contributed by atoms with Crippen molar-refractivity contribution in [3.63, 3.8) is 0 Å². The molecule has 0 bridgehead atoms. The number of carbonyl (C=O) groups excluding carboxylic acids is 5. The second-order valence-electron chi connectivity index (χ2n) is 10.2. The number of hydrogen-bond donors (Lipinski definition) is 4. The van der Waals surface area contributed by atoms with E-state index in [1.165, 1.54) is 64.0 Å². The van der Waals surface area contributed by atoms with Gasteiger partial charge in [0.05, 0.1) is 11.1 Å². The molecule has 0 aliphatic carbocycles. The van der Waals surface area contributed by atoms with Crippen molar-refractivity contribution in [2.45, 2.75) is 48.9 Å². The van der Waals surface area contributed by atoms with Crippen LogP contribution in [0.3, 0.4) is 0 Å². The summed E-state index contributed by atoms with van der Waals surface area (Å²) in [5, 5.41) is 21.1. The number of hydrogen-bond acceptors (Lipinski definition) is 17. The Bertz CT molecular complexity index is 1440. The molecule has 0 spiro atoms. The Balaban J connectivity index is 1.51. The Morgan fingerprint density at radius 3 is 2.61 bits per heavy atom. The molecular formula is C24H30N8O8S4. The predicted octanol–water partition coefficient (Wildman–Crippen LogP) is 0.815. The highest BCUT2D eigenvalue weighted by molar-refractivity contribution is 8.03. The zero-order chi connectivity index (χ0) is 32.2. The fraction of sp³-hybridized carbons (Fsp3) is 0.500. The first-order valence-electron chi connectivity index (χ1n) is 12.9. The van der Waals surface area contributed by atoms with Gasteiger partial charge in [-0.3, -0.25) is 24.1 Å². The quantitative estimate of drug-likeness (QED) is 0.0510. The predicted molar refractivity (Wildman–Crippen MR) is 164 cm³/mol. The summed E-state index contributed by atoms with van der Waals surface area (Å²) in [5.41, 5.74) is 4.96. The molecule has 3 amide bonds. The number of β-lactam (4-membered cyclic amide) rings is 1. The van der Waals surface area contributed by atoms with Gasteiger partial charge in [0.1, 0.15) is 27.6 Å². The number of carbonyl (C=O) groups is 5. The molecule has 238 valence electrons. The minimum atomic E-state index is -1.04. The number of nitrogens with two attached hydrogens (primary N) is 1. The Morgan fingerprint density at radius 1 is 1.25 bits per heavy atom. The molecule has 0 aromatic carbocycles.